The number of nitrogens with zero attached hydrogens (tertiary/aromatic N) is 4. The van der Waals surface area contributed by atoms with Gasteiger partial charge in [-0.1, -0.05) is 91.0 Å². The van der Waals surface area contributed by atoms with Gasteiger partial charge in [-0.3, -0.25) is 0 Å². The molecular formula is C27H22N4O. The van der Waals surface area contributed by atoms with E-state index in [0.717, 1.165) is 28.0 Å². The Morgan fingerprint density at radius 3 is 1.53 bits per heavy atom. The summed E-state index contributed by atoms with van der Waals surface area (Å²) in [7, 11) is 1.65. The Labute approximate surface area is 186 Å². The van der Waals surface area contributed by atoms with Crippen molar-refractivity contribution in [3.63, 3.8) is 0 Å². The lowest BCUT2D eigenvalue weighted by atomic mass is 9.77. The molecule has 32 heavy (non-hydrogen) atoms. The number of ether oxygens (including phenoxy) is 1. The summed E-state index contributed by atoms with van der Waals surface area (Å²) in [6, 6.07) is 38.6. The van der Waals surface area contributed by atoms with Crippen LogP contribution < -0.4 is 4.74 Å². The predicted octanol–water partition coefficient (Wildman–Crippen LogP) is 5.19. The highest BCUT2D eigenvalue weighted by Gasteiger charge is 2.41. The highest BCUT2D eigenvalue weighted by atomic mass is 16.5. The molecular weight excluding hydrogens is 396 g/mol. The third-order valence-corrected chi connectivity index (χ3v) is 5.64. The molecule has 0 aliphatic carbocycles. The minimum absolute atomic E-state index is 0.555. The Hall–Kier alpha value is -4.25. The molecule has 0 amide bonds. The van der Waals surface area contributed by atoms with Crippen molar-refractivity contribution in [2.75, 3.05) is 7.11 Å². The standard InChI is InChI=1S/C27H22N4O/c1-32-25-19-17-21(18-20-25)26-28-30-31(29-26)27(22-11-5-2-6-12-22,23-13-7-3-8-14-23)24-15-9-4-10-16-24/h2-20H,1H3. The van der Waals surface area contributed by atoms with E-state index in [-0.39, 0.29) is 0 Å². The fraction of sp³-hybridized carbons (Fsp3) is 0.0741. The Balaban J connectivity index is 1.76. The van der Waals surface area contributed by atoms with Crippen LogP contribution in [0.2, 0.25) is 0 Å². The van der Waals surface area contributed by atoms with Crippen LogP contribution in [0, 0.1) is 0 Å². The van der Waals surface area contributed by atoms with Crippen LogP contribution in [0.15, 0.2) is 115 Å². The molecule has 0 radical (unpaired) electrons. The van der Waals surface area contributed by atoms with E-state index in [1.807, 2.05) is 78.9 Å². The van der Waals surface area contributed by atoms with Crippen molar-refractivity contribution in [1.29, 1.82) is 0 Å². The van der Waals surface area contributed by atoms with Crippen LogP contribution >= 0.6 is 0 Å². The maximum absolute atomic E-state index is 5.28. The molecule has 0 atom stereocenters. The number of aromatic nitrogens is 4. The molecule has 1 heterocycles. The highest BCUT2D eigenvalue weighted by molar-refractivity contribution is 5.56. The van der Waals surface area contributed by atoms with Gasteiger partial charge in [0.1, 0.15) is 5.75 Å². The maximum atomic E-state index is 5.28. The lowest BCUT2D eigenvalue weighted by Gasteiger charge is -2.34. The van der Waals surface area contributed by atoms with E-state index in [1.54, 1.807) is 11.9 Å². The summed E-state index contributed by atoms with van der Waals surface area (Å²) in [6.07, 6.45) is 0. The predicted molar refractivity (Wildman–Crippen MR) is 124 cm³/mol. The van der Waals surface area contributed by atoms with E-state index in [1.165, 1.54) is 0 Å². The zero-order chi connectivity index (χ0) is 21.8. The molecule has 5 heteroatoms. The molecule has 156 valence electrons. The van der Waals surface area contributed by atoms with Gasteiger partial charge < -0.3 is 4.74 Å². The van der Waals surface area contributed by atoms with Crippen LogP contribution in [0.4, 0.5) is 0 Å². The van der Waals surface area contributed by atoms with Crippen LogP contribution in [-0.2, 0) is 5.54 Å². The average molecular weight is 419 g/mol. The molecule has 0 bridgehead atoms. The molecule has 0 aliphatic heterocycles. The zero-order valence-electron chi connectivity index (χ0n) is 17.7. The van der Waals surface area contributed by atoms with E-state index >= 15 is 0 Å². The minimum atomic E-state index is -0.776. The minimum Gasteiger partial charge on any atom is -0.497 e. The van der Waals surface area contributed by atoms with E-state index in [4.69, 9.17) is 9.84 Å². The molecule has 0 unspecified atom stereocenters. The Bertz CT molecular complexity index is 1190. The number of benzene rings is 4. The molecule has 4 aromatic carbocycles. The number of hydrogen-bond donors (Lipinski definition) is 0. The molecule has 0 fully saturated rings. The fourth-order valence-electron chi connectivity index (χ4n) is 4.10. The van der Waals surface area contributed by atoms with E-state index < -0.39 is 5.54 Å². The molecule has 5 nitrogen and oxygen atoms in total. The Morgan fingerprint density at radius 2 is 1.09 bits per heavy atom. The maximum Gasteiger partial charge on any atom is 0.204 e. The van der Waals surface area contributed by atoms with Crippen molar-refractivity contribution < 1.29 is 4.74 Å². The van der Waals surface area contributed by atoms with Gasteiger partial charge in [-0.25, -0.2) is 0 Å². The lowest BCUT2D eigenvalue weighted by molar-refractivity contribution is 0.395. The van der Waals surface area contributed by atoms with Gasteiger partial charge in [-0.15, -0.1) is 15.0 Å². The van der Waals surface area contributed by atoms with Gasteiger partial charge in [0.2, 0.25) is 5.82 Å². The average Bonchev–Trinajstić information content (AvgIpc) is 3.37. The van der Waals surface area contributed by atoms with Crippen molar-refractivity contribution in [3.8, 4) is 17.1 Å². The number of hydrogen-bond acceptors (Lipinski definition) is 4. The molecule has 1 aromatic heterocycles. The zero-order valence-corrected chi connectivity index (χ0v) is 17.7. The number of tetrazole rings is 1. The van der Waals surface area contributed by atoms with Crippen molar-refractivity contribution >= 4 is 0 Å². The topological polar surface area (TPSA) is 52.8 Å². The van der Waals surface area contributed by atoms with Gasteiger partial charge in [0.25, 0.3) is 0 Å². The summed E-state index contributed by atoms with van der Waals surface area (Å²) in [5.74, 6) is 1.34. The van der Waals surface area contributed by atoms with Crippen LogP contribution in [0.3, 0.4) is 0 Å². The largest absolute Gasteiger partial charge is 0.497 e. The van der Waals surface area contributed by atoms with Gasteiger partial charge in [-0.05, 0) is 46.2 Å². The van der Waals surface area contributed by atoms with Crippen molar-refractivity contribution in [2.24, 2.45) is 0 Å². The second kappa shape index (κ2) is 8.47. The van der Waals surface area contributed by atoms with Gasteiger partial charge in [-0.2, -0.15) is 0 Å². The quantitative estimate of drug-likeness (QED) is 0.356. The summed E-state index contributed by atoms with van der Waals surface area (Å²) in [4.78, 5) is 1.73. The molecule has 0 saturated carbocycles. The first-order valence-corrected chi connectivity index (χ1v) is 10.4. The summed E-state index contributed by atoms with van der Waals surface area (Å²) < 4.78 is 5.28. The molecule has 0 N–H and O–H groups in total. The summed E-state index contributed by atoms with van der Waals surface area (Å²) in [5, 5.41) is 13.9. The van der Waals surface area contributed by atoms with E-state index in [0.29, 0.717) is 5.82 Å². The summed E-state index contributed by atoms with van der Waals surface area (Å²) >= 11 is 0. The van der Waals surface area contributed by atoms with Gasteiger partial charge in [0, 0.05) is 5.56 Å². The van der Waals surface area contributed by atoms with Crippen LogP contribution in [0.25, 0.3) is 11.4 Å². The van der Waals surface area contributed by atoms with Crippen LogP contribution in [0.5, 0.6) is 5.75 Å². The van der Waals surface area contributed by atoms with Gasteiger partial charge in [0.05, 0.1) is 7.11 Å². The van der Waals surface area contributed by atoms with E-state index in [2.05, 4.69) is 46.7 Å². The first-order valence-electron chi connectivity index (χ1n) is 10.4. The lowest BCUT2D eigenvalue weighted by Crippen LogP contribution is -2.39. The molecule has 5 aromatic rings. The SMILES string of the molecule is COc1ccc(-c2nnn(C(c3ccccc3)(c3ccccc3)c3ccccc3)n2)cc1. The summed E-state index contributed by atoms with van der Waals surface area (Å²) in [5.41, 5.74) is 3.25. The van der Waals surface area contributed by atoms with Crippen molar-refractivity contribution in [1.82, 2.24) is 20.2 Å². The molecule has 0 aliphatic rings. The van der Waals surface area contributed by atoms with Gasteiger partial charge >= 0.3 is 0 Å². The van der Waals surface area contributed by atoms with Crippen molar-refractivity contribution in [3.05, 3.63) is 132 Å². The van der Waals surface area contributed by atoms with Crippen LogP contribution in [-0.4, -0.2) is 27.3 Å². The first-order chi connectivity index (χ1) is 15.8. The van der Waals surface area contributed by atoms with E-state index in [9.17, 15) is 0 Å². The summed E-state index contributed by atoms with van der Waals surface area (Å²) in [6.45, 7) is 0. The Morgan fingerprint density at radius 1 is 0.625 bits per heavy atom. The van der Waals surface area contributed by atoms with Gasteiger partial charge in [0.15, 0.2) is 5.54 Å². The third kappa shape index (κ3) is 3.34. The number of methoxy groups -OCH3 is 1. The Kier molecular flexibility index (Phi) is 5.22. The third-order valence-electron chi connectivity index (χ3n) is 5.64. The normalized spacial score (nSPS) is 11.3. The fourth-order valence-corrected chi connectivity index (χ4v) is 4.10. The first kappa shape index (κ1) is 19.7. The monoisotopic (exact) mass is 418 g/mol. The smallest absolute Gasteiger partial charge is 0.204 e. The molecule has 0 spiro atoms. The second-order valence-electron chi connectivity index (χ2n) is 7.44. The number of rotatable bonds is 6. The van der Waals surface area contributed by atoms with Crippen LogP contribution in [0.1, 0.15) is 16.7 Å². The highest BCUT2D eigenvalue weighted by Crippen LogP contribution is 2.39. The second-order valence-corrected chi connectivity index (χ2v) is 7.44. The molecule has 0 saturated heterocycles. The van der Waals surface area contributed by atoms with Crippen molar-refractivity contribution in [2.45, 2.75) is 5.54 Å². The molecule has 5 rings (SSSR count).